The summed E-state index contributed by atoms with van der Waals surface area (Å²) in [4.78, 5) is 17.0. The van der Waals surface area contributed by atoms with Crippen molar-refractivity contribution >= 4 is 38.6 Å². The van der Waals surface area contributed by atoms with Crippen LogP contribution in [0, 0.1) is 6.92 Å². The van der Waals surface area contributed by atoms with Gasteiger partial charge < -0.3 is 19.4 Å². The Labute approximate surface area is 152 Å². The molecule has 0 saturated heterocycles. The Morgan fingerprint density at radius 2 is 1.88 bits per heavy atom. The van der Waals surface area contributed by atoms with Gasteiger partial charge in [-0.15, -0.1) is 0 Å². The van der Waals surface area contributed by atoms with E-state index in [1.165, 1.54) is 0 Å². The number of nitrogens with zero attached hydrogens (tertiary/aromatic N) is 2. The van der Waals surface area contributed by atoms with Gasteiger partial charge in [0.05, 0.1) is 11.0 Å². The summed E-state index contributed by atoms with van der Waals surface area (Å²) in [5.41, 5.74) is 2.40. The molecule has 0 aliphatic carbocycles. The Morgan fingerprint density at radius 3 is 2.60 bits per heavy atom. The highest BCUT2D eigenvalue weighted by Gasteiger charge is 2.18. The quantitative estimate of drug-likeness (QED) is 0.728. The fourth-order valence-corrected chi connectivity index (χ4v) is 3.12. The highest BCUT2D eigenvalue weighted by Crippen LogP contribution is 2.34. The van der Waals surface area contributed by atoms with Crippen molar-refractivity contribution in [2.45, 2.75) is 13.5 Å². The van der Waals surface area contributed by atoms with Gasteiger partial charge in [-0.1, -0.05) is 15.9 Å². The third kappa shape index (κ3) is 3.19. The second-order valence-corrected chi connectivity index (χ2v) is 6.70. The van der Waals surface area contributed by atoms with E-state index < -0.39 is 0 Å². The molecule has 1 aliphatic rings. The summed E-state index contributed by atoms with van der Waals surface area (Å²) < 4.78 is 14.1. The van der Waals surface area contributed by atoms with Crippen LogP contribution in [0.5, 0.6) is 11.5 Å². The average Bonchev–Trinajstić information content (AvgIpc) is 2.90. The number of rotatable bonds is 3. The number of benzene rings is 2. The van der Waals surface area contributed by atoms with Crippen LogP contribution in [0.25, 0.3) is 11.0 Å². The Morgan fingerprint density at radius 1 is 1.20 bits per heavy atom. The first kappa shape index (κ1) is 16.0. The molecule has 1 aromatic heterocycles. The third-order valence-corrected chi connectivity index (χ3v) is 4.56. The molecule has 0 atom stereocenters. The third-order valence-electron chi connectivity index (χ3n) is 4.03. The smallest absolute Gasteiger partial charge is 0.244 e. The van der Waals surface area contributed by atoms with Crippen molar-refractivity contribution in [3.63, 3.8) is 0 Å². The van der Waals surface area contributed by atoms with Crippen LogP contribution in [0.4, 0.5) is 5.69 Å². The predicted octanol–water partition coefficient (Wildman–Crippen LogP) is 3.52. The minimum absolute atomic E-state index is 0.111. The lowest BCUT2D eigenvalue weighted by Crippen LogP contribution is -2.19. The number of aryl methyl sites for hydroxylation is 1. The molecular weight excluding hydrogens is 386 g/mol. The molecule has 0 saturated carbocycles. The number of anilines is 1. The maximum atomic E-state index is 12.4. The number of fused-ring (bicyclic) bond motifs is 2. The number of ether oxygens (including phenoxy) is 2. The minimum Gasteiger partial charge on any atom is -0.486 e. The van der Waals surface area contributed by atoms with E-state index in [0.29, 0.717) is 24.7 Å². The second kappa shape index (κ2) is 6.40. The number of nitrogens with one attached hydrogen (secondary N) is 1. The Kier molecular flexibility index (Phi) is 4.09. The molecule has 0 fully saturated rings. The number of imidazole rings is 1. The van der Waals surface area contributed by atoms with Gasteiger partial charge in [0.1, 0.15) is 25.6 Å². The van der Waals surface area contributed by atoms with E-state index in [2.05, 4.69) is 26.2 Å². The summed E-state index contributed by atoms with van der Waals surface area (Å²) in [5.74, 6) is 2.04. The number of carbonyl (C=O) groups is 1. The van der Waals surface area contributed by atoms with Crippen LogP contribution in [-0.2, 0) is 11.3 Å². The number of halogens is 1. The van der Waals surface area contributed by atoms with Gasteiger partial charge in [0.25, 0.3) is 0 Å². The Hall–Kier alpha value is -2.54. The van der Waals surface area contributed by atoms with Crippen molar-refractivity contribution in [2.75, 3.05) is 18.5 Å². The van der Waals surface area contributed by atoms with Crippen LogP contribution < -0.4 is 14.8 Å². The van der Waals surface area contributed by atoms with Crippen LogP contribution in [0.1, 0.15) is 5.82 Å². The summed E-state index contributed by atoms with van der Waals surface area (Å²) in [7, 11) is 0. The van der Waals surface area contributed by atoms with E-state index in [9.17, 15) is 4.79 Å². The Balaban J connectivity index is 1.61. The molecule has 128 valence electrons. The van der Waals surface area contributed by atoms with Crippen molar-refractivity contribution < 1.29 is 14.3 Å². The van der Waals surface area contributed by atoms with Crippen LogP contribution >= 0.6 is 15.9 Å². The number of hydrogen-bond acceptors (Lipinski definition) is 4. The molecule has 0 radical (unpaired) electrons. The molecule has 3 aromatic rings. The Bertz CT molecular complexity index is 950. The first-order chi connectivity index (χ1) is 12.1. The van der Waals surface area contributed by atoms with E-state index in [4.69, 9.17) is 9.47 Å². The van der Waals surface area contributed by atoms with Crippen molar-refractivity contribution in [1.29, 1.82) is 0 Å². The van der Waals surface area contributed by atoms with Gasteiger partial charge in [-0.3, -0.25) is 4.79 Å². The van der Waals surface area contributed by atoms with Gasteiger partial charge in [0.2, 0.25) is 5.91 Å². The number of hydrogen-bond donors (Lipinski definition) is 1. The van der Waals surface area contributed by atoms with Crippen LogP contribution in [-0.4, -0.2) is 28.7 Å². The van der Waals surface area contributed by atoms with Gasteiger partial charge in [0, 0.05) is 22.3 Å². The lowest BCUT2D eigenvalue weighted by molar-refractivity contribution is -0.116. The van der Waals surface area contributed by atoms with Crippen molar-refractivity contribution in [1.82, 2.24) is 9.55 Å². The van der Waals surface area contributed by atoms with Crippen LogP contribution in [0.2, 0.25) is 0 Å². The van der Waals surface area contributed by atoms with Gasteiger partial charge in [-0.2, -0.15) is 0 Å². The van der Waals surface area contributed by atoms with Gasteiger partial charge >= 0.3 is 0 Å². The van der Waals surface area contributed by atoms with E-state index in [-0.39, 0.29) is 12.5 Å². The summed E-state index contributed by atoms with van der Waals surface area (Å²) in [6.45, 7) is 3.12. The molecule has 4 rings (SSSR count). The maximum absolute atomic E-state index is 12.4. The predicted molar refractivity (Wildman–Crippen MR) is 98.2 cm³/mol. The standard InChI is InChI=1S/C18H16BrN3O3/c1-11-20-14-8-16-17(25-7-6-24-16)9-15(14)22(11)10-18(23)21-13-4-2-12(19)3-5-13/h2-5,8-9H,6-7,10H2,1H3,(H,21,23). The van der Waals surface area contributed by atoms with Crippen molar-refractivity contribution in [3.8, 4) is 11.5 Å². The summed E-state index contributed by atoms with van der Waals surface area (Å²) in [6, 6.07) is 11.2. The van der Waals surface area contributed by atoms with E-state index in [1.807, 2.05) is 47.9 Å². The molecule has 1 aliphatic heterocycles. The fraction of sp³-hybridized carbons (Fsp3) is 0.222. The fourth-order valence-electron chi connectivity index (χ4n) is 2.86. The SMILES string of the molecule is Cc1nc2cc3c(cc2n1CC(=O)Nc1ccc(Br)cc1)OCCO3. The molecule has 0 unspecified atom stereocenters. The topological polar surface area (TPSA) is 65.4 Å². The van der Waals surface area contributed by atoms with Crippen molar-refractivity contribution in [2.24, 2.45) is 0 Å². The lowest BCUT2D eigenvalue weighted by atomic mass is 10.2. The van der Waals surface area contributed by atoms with Crippen LogP contribution in [0.15, 0.2) is 40.9 Å². The van der Waals surface area contributed by atoms with E-state index in [1.54, 1.807) is 0 Å². The zero-order valence-corrected chi connectivity index (χ0v) is 15.2. The summed E-state index contributed by atoms with van der Waals surface area (Å²) >= 11 is 3.38. The molecular formula is C18H16BrN3O3. The summed E-state index contributed by atoms with van der Waals surface area (Å²) in [6.07, 6.45) is 0. The monoisotopic (exact) mass is 401 g/mol. The zero-order valence-electron chi connectivity index (χ0n) is 13.6. The summed E-state index contributed by atoms with van der Waals surface area (Å²) in [5, 5.41) is 2.90. The molecule has 2 heterocycles. The van der Waals surface area contributed by atoms with E-state index in [0.717, 1.165) is 27.0 Å². The maximum Gasteiger partial charge on any atom is 0.244 e. The minimum atomic E-state index is -0.111. The highest BCUT2D eigenvalue weighted by atomic mass is 79.9. The molecule has 1 amide bonds. The van der Waals surface area contributed by atoms with Gasteiger partial charge in [-0.05, 0) is 31.2 Å². The first-order valence-electron chi connectivity index (χ1n) is 7.92. The van der Waals surface area contributed by atoms with Gasteiger partial charge in [0.15, 0.2) is 11.5 Å². The molecule has 2 aromatic carbocycles. The molecule has 1 N–H and O–H groups in total. The molecule has 25 heavy (non-hydrogen) atoms. The normalized spacial score (nSPS) is 13.0. The lowest BCUT2D eigenvalue weighted by Gasteiger charge is -2.18. The van der Waals surface area contributed by atoms with Crippen LogP contribution in [0.3, 0.4) is 0 Å². The molecule has 6 nitrogen and oxygen atoms in total. The van der Waals surface area contributed by atoms with E-state index >= 15 is 0 Å². The largest absolute Gasteiger partial charge is 0.486 e. The average molecular weight is 402 g/mol. The zero-order chi connectivity index (χ0) is 17.4. The molecule has 0 bridgehead atoms. The second-order valence-electron chi connectivity index (χ2n) is 5.78. The molecule has 0 spiro atoms. The highest BCUT2D eigenvalue weighted by molar-refractivity contribution is 9.10. The van der Waals surface area contributed by atoms with Gasteiger partial charge in [-0.25, -0.2) is 4.98 Å². The number of carbonyl (C=O) groups excluding carboxylic acids is 1. The number of aromatic nitrogens is 2. The number of amides is 1. The first-order valence-corrected chi connectivity index (χ1v) is 8.71. The molecule has 7 heteroatoms. The van der Waals surface area contributed by atoms with Crippen molar-refractivity contribution in [3.05, 3.63) is 46.7 Å².